The first-order valence-corrected chi connectivity index (χ1v) is 8.88. The number of hydrogen-bond acceptors (Lipinski definition) is 2. The third-order valence-corrected chi connectivity index (χ3v) is 6.02. The van der Waals surface area contributed by atoms with E-state index in [-0.39, 0.29) is 11.3 Å². The summed E-state index contributed by atoms with van der Waals surface area (Å²) >= 11 is 2.01. The molecular weight excluding hydrogens is 266 g/mol. The fourth-order valence-electron chi connectivity index (χ4n) is 3.53. The molecule has 1 N–H and O–H groups in total. The van der Waals surface area contributed by atoms with E-state index < -0.39 is 0 Å². The molecule has 1 heterocycles. The summed E-state index contributed by atoms with van der Waals surface area (Å²) in [6.07, 6.45) is 5.59. The standard InChI is InChI=1S/C17H23NOS/c19-16(18-12-14-8-11-20-13-14)17(9-4-5-10-17)15-6-2-1-3-7-15/h1-3,6-7,14H,4-5,8-13H2,(H,18,19). The Balaban J connectivity index is 1.71. The smallest absolute Gasteiger partial charge is 0.230 e. The van der Waals surface area contributed by atoms with Gasteiger partial charge in [-0.1, -0.05) is 43.2 Å². The Kier molecular flexibility index (Phi) is 4.35. The molecule has 20 heavy (non-hydrogen) atoms. The molecule has 1 atom stereocenters. The molecule has 3 heteroatoms. The van der Waals surface area contributed by atoms with E-state index in [1.54, 1.807) is 0 Å². The van der Waals surface area contributed by atoms with Gasteiger partial charge in [-0.2, -0.15) is 11.8 Å². The molecule has 1 saturated carbocycles. The molecular formula is C17H23NOS. The van der Waals surface area contributed by atoms with E-state index in [9.17, 15) is 4.79 Å². The predicted molar refractivity (Wildman–Crippen MR) is 85.0 cm³/mol. The van der Waals surface area contributed by atoms with Crippen LogP contribution in [0.1, 0.15) is 37.7 Å². The Morgan fingerprint density at radius 3 is 2.65 bits per heavy atom. The molecule has 0 spiro atoms. The highest BCUT2D eigenvalue weighted by Gasteiger charge is 2.42. The lowest BCUT2D eigenvalue weighted by Gasteiger charge is -2.29. The van der Waals surface area contributed by atoms with Crippen LogP contribution in [0, 0.1) is 5.92 Å². The highest BCUT2D eigenvalue weighted by Crippen LogP contribution is 2.41. The zero-order valence-corrected chi connectivity index (χ0v) is 12.8. The van der Waals surface area contributed by atoms with Crippen LogP contribution >= 0.6 is 11.8 Å². The van der Waals surface area contributed by atoms with Gasteiger partial charge in [-0.3, -0.25) is 4.79 Å². The zero-order chi connectivity index (χ0) is 13.8. The number of carbonyl (C=O) groups excluding carboxylic acids is 1. The highest BCUT2D eigenvalue weighted by atomic mass is 32.2. The van der Waals surface area contributed by atoms with Crippen molar-refractivity contribution in [3.8, 4) is 0 Å². The second kappa shape index (κ2) is 6.21. The van der Waals surface area contributed by atoms with Crippen molar-refractivity contribution in [2.75, 3.05) is 18.1 Å². The van der Waals surface area contributed by atoms with Gasteiger partial charge in [-0.15, -0.1) is 0 Å². The van der Waals surface area contributed by atoms with Gasteiger partial charge in [0.1, 0.15) is 0 Å². The van der Waals surface area contributed by atoms with Gasteiger partial charge in [0.2, 0.25) is 5.91 Å². The minimum atomic E-state index is -0.257. The second-order valence-electron chi connectivity index (χ2n) is 6.09. The normalized spacial score (nSPS) is 24.7. The first kappa shape index (κ1) is 14.0. The molecule has 0 bridgehead atoms. The summed E-state index contributed by atoms with van der Waals surface area (Å²) in [5.41, 5.74) is 0.948. The second-order valence-corrected chi connectivity index (χ2v) is 7.24. The average molecular weight is 289 g/mol. The largest absolute Gasteiger partial charge is 0.355 e. The molecule has 1 saturated heterocycles. The fraction of sp³-hybridized carbons (Fsp3) is 0.588. The summed E-state index contributed by atoms with van der Waals surface area (Å²) in [6, 6.07) is 10.4. The van der Waals surface area contributed by atoms with Gasteiger partial charge in [0.15, 0.2) is 0 Å². The van der Waals surface area contributed by atoms with Gasteiger partial charge in [-0.05, 0) is 42.2 Å². The Hall–Kier alpha value is -0.960. The van der Waals surface area contributed by atoms with E-state index in [1.165, 1.54) is 36.3 Å². The SMILES string of the molecule is O=C(NCC1CCSC1)C1(c2ccccc2)CCCC1. The first-order valence-electron chi connectivity index (χ1n) is 7.73. The van der Waals surface area contributed by atoms with Gasteiger partial charge in [0.05, 0.1) is 5.41 Å². The van der Waals surface area contributed by atoms with E-state index in [1.807, 2.05) is 17.8 Å². The van der Waals surface area contributed by atoms with Crippen molar-refractivity contribution >= 4 is 17.7 Å². The summed E-state index contributed by atoms with van der Waals surface area (Å²) < 4.78 is 0. The van der Waals surface area contributed by atoms with Crippen molar-refractivity contribution in [1.82, 2.24) is 5.32 Å². The molecule has 1 aromatic carbocycles. The van der Waals surface area contributed by atoms with Crippen molar-refractivity contribution in [2.45, 2.75) is 37.5 Å². The number of amides is 1. The maximum absolute atomic E-state index is 12.8. The van der Waals surface area contributed by atoms with Crippen molar-refractivity contribution in [3.63, 3.8) is 0 Å². The molecule has 2 fully saturated rings. The topological polar surface area (TPSA) is 29.1 Å². The van der Waals surface area contributed by atoms with Gasteiger partial charge in [0, 0.05) is 6.54 Å². The average Bonchev–Trinajstić information content (AvgIpc) is 3.18. The van der Waals surface area contributed by atoms with Gasteiger partial charge >= 0.3 is 0 Å². The summed E-state index contributed by atoms with van der Waals surface area (Å²) in [4.78, 5) is 12.8. The summed E-state index contributed by atoms with van der Waals surface area (Å²) in [5.74, 6) is 3.40. The van der Waals surface area contributed by atoms with E-state index in [0.717, 1.165) is 19.4 Å². The molecule has 1 aliphatic heterocycles. The number of hydrogen-bond donors (Lipinski definition) is 1. The summed E-state index contributed by atoms with van der Waals surface area (Å²) in [7, 11) is 0. The number of rotatable bonds is 4. The van der Waals surface area contributed by atoms with Crippen molar-refractivity contribution in [1.29, 1.82) is 0 Å². The summed E-state index contributed by atoms with van der Waals surface area (Å²) in [5, 5.41) is 3.25. The molecule has 1 aliphatic carbocycles. The Morgan fingerprint density at radius 1 is 1.25 bits per heavy atom. The molecule has 108 valence electrons. The third kappa shape index (κ3) is 2.73. The number of benzene rings is 1. The van der Waals surface area contributed by atoms with E-state index in [4.69, 9.17) is 0 Å². The molecule has 1 aromatic rings. The van der Waals surface area contributed by atoms with E-state index >= 15 is 0 Å². The third-order valence-electron chi connectivity index (χ3n) is 4.79. The number of thioether (sulfide) groups is 1. The molecule has 3 rings (SSSR count). The van der Waals surface area contributed by atoms with E-state index in [0.29, 0.717) is 5.92 Å². The van der Waals surface area contributed by atoms with Crippen LogP contribution in [-0.2, 0) is 10.2 Å². The zero-order valence-electron chi connectivity index (χ0n) is 11.9. The number of carbonyl (C=O) groups is 1. The number of nitrogens with one attached hydrogen (secondary N) is 1. The molecule has 1 amide bonds. The minimum absolute atomic E-state index is 0.257. The lowest BCUT2D eigenvalue weighted by atomic mass is 9.78. The molecule has 2 nitrogen and oxygen atoms in total. The maximum atomic E-state index is 12.8. The van der Waals surface area contributed by atoms with E-state index in [2.05, 4.69) is 29.6 Å². The Bertz CT molecular complexity index is 447. The van der Waals surface area contributed by atoms with Crippen molar-refractivity contribution in [3.05, 3.63) is 35.9 Å². The van der Waals surface area contributed by atoms with Crippen molar-refractivity contribution < 1.29 is 4.79 Å². The van der Waals surface area contributed by atoms with Crippen LogP contribution in [0.15, 0.2) is 30.3 Å². The molecule has 0 radical (unpaired) electrons. The lowest BCUT2D eigenvalue weighted by Crippen LogP contribution is -2.44. The molecule has 1 unspecified atom stereocenters. The molecule has 2 aliphatic rings. The Morgan fingerprint density at radius 2 is 2.00 bits per heavy atom. The van der Waals surface area contributed by atoms with Crippen LogP contribution in [0.4, 0.5) is 0 Å². The van der Waals surface area contributed by atoms with Crippen LogP contribution < -0.4 is 5.32 Å². The lowest BCUT2D eigenvalue weighted by molar-refractivity contribution is -0.126. The quantitative estimate of drug-likeness (QED) is 0.921. The summed E-state index contributed by atoms with van der Waals surface area (Å²) in [6.45, 7) is 0.862. The monoisotopic (exact) mass is 289 g/mol. The fourth-order valence-corrected chi connectivity index (χ4v) is 4.82. The molecule has 0 aromatic heterocycles. The predicted octanol–water partition coefficient (Wildman–Crippen LogP) is 3.37. The van der Waals surface area contributed by atoms with Gasteiger partial charge in [0.25, 0.3) is 0 Å². The van der Waals surface area contributed by atoms with Gasteiger partial charge in [-0.25, -0.2) is 0 Å². The highest BCUT2D eigenvalue weighted by molar-refractivity contribution is 7.99. The maximum Gasteiger partial charge on any atom is 0.230 e. The Labute approximate surface area is 125 Å². The van der Waals surface area contributed by atoms with Gasteiger partial charge < -0.3 is 5.32 Å². The van der Waals surface area contributed by atoms with Crippen LogP contribution in [-0.4, -0.2) is 24.0 Å². The minimum Gasteiger partial charge on any atom is -0.355 e. The van der Waals surface area contributed by atoms with Crippen LogP contribution in [0.25, 0.3) is 0 Å². The first-order chi connectivity index (χ1) is 9.81. The van der Waals surface area contributed by atoms with Crippen LogP contribution in [0.3, 0.4) is 0 Å². The van der Waals surface area contributed by atoms with Crippen LogP contribution in [0.2, 0.25) is 0 Å². The van der Waals surface area contributed by atoms with Crippen molar-refractivity contribution in [2.24, 2.45) is 5.92 Å². The van der Waals surface area contributed by atoms with Crippen LogP contribution in [0.5, 0.6) is 0 Å².